The van der Waals surface area contributed by atoms with E-state index >= 15 is 0 Å². The number of carbonyl (C=O) groups is 1. The van der Waals surface area contributed by atoms with Gasteiger partial charge >= 0.3 is 0 Å². The Kier molecular flexibility index (Phi) is 4.45. The molecule has 1 aliphatic carbocycles. The number of allylic oxidation sites excluding steroid dienone is 1. The van der Waals surface area contributed by atoms with E-state index < -0.39 is 0 Å². The molecule has 1 unspecified atom stereocenters. The van der Waals surface area contributed by atoms with E-state index in [1.165, 1.54) is 0 Å². The Hall–Kier alpha value is -1.98. The SMILES string of the molecule is O=C(C1=CCCC1)N1CCOCC1c1csc(-c2ccccc2)n1. The fourth-order valence-corrected chi connectivity index (χ4v) is 4.17. The summed E-state index contributed by atoms with van der Waals surface area (Å²) in [4.78, 5) is 19.6. The number of thiazole rings is 1. The van der Waals surface area contributed by atoms with Crippen molar-refractivity contribution in [1.82, 2.24) is 9.88 Å². The number of aromatic nitrogens is 1. The number of amides is 1. The van der Waals surface area contributed by atoms with Gasteiger partial charge in [-0.25, -0.2) is 4.98 Å². The van der Waals surface area contributed by atoms with Crippen molar-refractivity contribution in [2.24, 2.45) is 0 Å². The molecule has 1 aromatic heterocycles. The number of hydrogen-bond acceptors (Lipinski definition) is 4. The van der Waals surface area contributed by atoms with Gasteiger partial charge in [0.2, 0.25) is 5.91 Å². The Labute approximate surface area is 145 Å². The van der Waals surface area contributed by atoms with Crippen molar-refractivity contribution < 1.29 is 9.53 Å². The van der Waals surface area contributed by atoms with Crippen molar-refractivity contribution in [1.29, 1.82) is 0 Å². The second kappa shape index (κ2) is 6.87. The Morgan fingerprint density at radius 1 is 1.29 bits per heavy atom. The highest BCUT2D eigenvalue weighted by Gasteiger charge is 2.32. The van der Waals surface area contributed by atoms with Crippen LogP contribution in [0.1, 0.15) is 31.0 Å². The zero-order chi connectivity index (χ0) is 16.4. The first-order chi connectivity index (χ1) is 11.8. The molecule has 0 spiro atoms. The van der Waals surface area contributed by atoms with Crippen LogP contribution in [0.3, 0.4) is 0 Å². The monoisotopic (exact) mass is 340 g/mol. The van der Waals surface area contributed by atoms with Gasteiger partial charge in [-0.15, -0.1) is 11.3 Å². The minimum atomic E-state index is -0.0820. The second-order valence-corrected chi connectivity index (χ2v) is 7.01. The van der Waals surface area contributed by atoms with Gasteiger partial charge in [-0.05, 0) is 19.3 Å². The molecule has 1 aromatic carbocycles. The molecule has 1 saturated heterocycles. The first kappa shape index (κ1) is 15.5. The third-order valence-electron chi connectivity index (χ3n) is 4.59. The summed E-state index contributed by atoms with van der Waals surface area (Å²) in [5.74, 6) is 0.162. The number of morpholine rings is 1. The lowest BCUT2D eigenvalue weighted by Gasteiger charge is -2.35. The van der Waals surface area contributed by atoms with Crippen LogP contribution in [0.2, 0.25) is 0 Å². The number of rotatable bonds is 3. The van der Waals surface area contributed by atoms with E-state index in [0.29, 0.717) is 19.8 Å². The van der Waals surface area contributed by atoms with Crippen LogP contribution in [0.4, 0.5) is 0 Å². The van der Waals surface area contributed by atoms with E-state index in [4.69, 9.17) is 9.72 Å². The first-order valence-electron chi connectivity index (χ1n) is 8.41. The summed E-state index contributed by atoms with van der Waals surface area (Å²) in [6.07, 6.45) is 5.09. The highest BCUT2D eigenvalue weighted by atomic mass is 32.1. The summed E-state index contributed by atoms with van der Waals surface area (Å²) in [6.45, 7) is 1.77. The highest BCUT2D eigenvalue weighted by molar-refractivity contribution is 7.13. The van der Waals surface area contributed by atoms with Crippen LogP contribution in [0.25, 0.3) is 10.6 Å². The Balaban J connectivity index is 1.59. The largest absolute Gasteiger partial charge is 0.377 e. The highest BCUT2D eigenvalue weighted by Crippen LogP contribution is 2.32. The molecule has 1 fully saturated rings. The second-order valence-electron chi connectivity index (χ2n) is 6.15. The van der Waals surface area contributed by atoms with E-state index in [1.807, 2.05) is 23.1 Å². The smallest absolute Gasteiger partial charge is 0.250 e. The lowest BCUT2D eigenvalue weighted by Crippen LogP contribution is -2.44. The molecular weight excluding hydrogens is 320 g/mol. The minimum Gasteiger partial charge on any atom is -0.377 e. The summed E-state index contributed by atoms with van der Waals surface area (Å²) in [7, 11) is 0. The molecule has 2 aromatic rings. The van der Waals surface area contributed by atoms with Crippen LogP contribution in [0, 0.1) is 0 Å². The third-order valence-corrected chi connectivity index (χ3v) is 5.50. The van der Waals surface area contributed by atoms with Gasteiger partial charge in [0.25, 0.3) is 0 Å². The number of benzene rings is 1. The summed E-state index contributed by atoms with van der Waals surface area (Å²) in [6, 6.07) is 10.1. The molecule has 2 heterocycles. The molecule has 0 saturated carbocycles. The van der Waals surface area contributed by atoms with Crippen LogP contribution in [-0.4, -0.2) is 35.5 Å². The van der Waals surface area contributed by atoms with Crippen molar-refractivity contribution in [3.63, 3.8) is 0 Å². The van der Waals surface area contributed by atoms with Crippen LogP contribution >= 0.6 is 11.3 Å². The number of hydrogen-bond donors (Lipinski definition) is 0. The molecule has 2 aliphatic rings. The normalized spacial score (nSPS) is 20.9. The third kappa shape index (κ3) is 3.01. The van der Waals surface area contributed by atoms with Gasteiger partial charge in [-0.3, -0.25) is 4.79 Å². The maximum Gasteiger partial charge on any atom is 0.250 e. The molecule has 24 heavy (non-hydrogen) atoms. The van der Waals surface area contributed by atoms with E-state index in [2.05, 4.69) is 23.6 Å². The summed E-state index contributed by atoms with van der Waals surface area (Å²) in [5.41, 5.74) is 3.01. The van der Waals surface area contributed by atoms with Crippen molar-refractivity contribution >= 4 is 17.2 Å². The van der Waals surface area contributed by atoms with Crippen LogP contribution in [0.15, 0.2) is 47.4 Å². The number of nitrogens with zero attached hydrogens (tertiary/aromatic N) is 2. The van der Waals surface area contributed by atoms with Gasteiger partial charge < -0.3 is 9.64 Å². The van der Waals surface area contributed by atoms with Crippen molar-refractivity contribution in [2.45, 2.75) is 25.3 Å². The van der Waals surface area contributed by atoms with E-state index in [-0.39, 0.29) is 11.9 Å². The maximum absolute atomic E-state index is 12.8. The van der Waals surface area contributed by atoms with Gasteiger partial charge in [0.1, 0.15) is 5.01 Å². The van der Waals surface area contributed by atoms with E-state index in [9.17, 15) is 4.79 Å². The van der Waals surface area contributed by atoms with Gasteiger partial charge in [-0.2, -0.15) is 0 Å². The molecule has 4 rings (SSSR count). The minimum absolute atomic E-state index is 0.0820. The van der Waals surface area contributed by atoms with Gasteiger partial charge in [0.05, 0.1) is 24.9 Å². The van der Waals surface area contributed by atoms with Crippen molar-refractivity contribution in [3.8, 4) is 10.6 Å². The summed E-state index contributed by atoms with van der Waals surface area (Å²) < 4.78 is 5.65. The molecule has 0 radical (unpaired) electrons. The summed E-state index contributed by atoms with van der Waals surface area (Å²) >= 11 is 1.62. The zero-order valence-corrected chi connectivity index (χ0v) is 14.3. The molecule has 1 atom stereocenters. The molecule has 4 nitrogen and oxygen atoms in total. The molecule has 1 amide bonds. The lowest BCUT2D eigenvalue weighted by molar-refractivity contribution is -0.136. The van der Waals surface area contributed by atoms with Crippen LogP contribution < -0.4 is 0 Å². The molecule has 124 valence electrons. The predicted octanol–water partition coefficient (Wildman–Crippen LogP) is 3.82. The number of carbonyl (C=O) groups excluding carboxylic acids is 1. The molecule has 1 aliphatic heterocycles. The molecule has 0 N–H and O–H groups in total. The van der Waals surface area contributed by atoms with Crippen molar-refractivity contribution in [2.75, 3.05) is 19.8 Å². The average Bonchev–Trinajstić information content (AvgIpc) is 3.34. The quantitative estimate of drug-likeness (QED) is 0.853. The standard InChI is InChI=1S/C19H20N2O2S/c22-19(15-8-4-5-9-15)21-10-11-23-12-17(21)16-13-24-18(20-16)14-6-2-1-3-7-14/h1-3,6-8,13,17H,4-5,9-12H2. The topological polar surface area (TPSA) is 42.4 Å². The van der Waals surface area contributed by atoms with E-state index in [0.717, 1.165) is 41.1 Å². The van der Waals surface area contributed by atoms with Crippen LogP contribution in [0.5, 0.6) is 0 Å². The Bertz CT molecular complexity index is 754. The fourth-order valence-electron chi connectivity index (χ4n) is 3.29. The molecule has 0 bridgehead atoms. The Morgan fingerprint density at radius 3 is 2.96 bits per heavy atom. The average molecular weight is 340 g/mol. The van der Waals surface area contributed by atoms with Crippen molar-refractivity contribution in [3.05, 3.63) is 53.1 Å². The lowest BCUT2D eigenvalue weighted by atomic mass is 10.1. The molecule has 5 heteroatoms. The van der Waals surface area contributed by atoms with Gasteiger partial charge in [0.15, 0.2) is 0 Å². The number of ether oxygens (including phenoxy) is 1. The van der Waals surface area contributed by atoms with Crippen LogP contribution in [-0.2, 0) is 9.53 Å². The van der Waals surface area contributed by atoms with Gasteiger partial charge in [-0.1, -0.05) is 36.4 Å². The van der Waals surface area contributed by atoms with E-state index in [1.54, 1.807) is 11.3 Å². The Morgan fingerprint density at radius 2 is 2.17 bits per heavy atom. The molecular formula is C19H20N2O2S. The fraction of sp³-hybridized carbons (Fsp3) is 0.368. The summed E-state index contributed by atoms with van der Waals surface area (Å²) in [5, 5.41) is 3.05. The zero-order valence-electron chi connectivity index (χ0n) is 13.5. The maximum atomic E-state index is 12.8. The first-order valence-corrected chi connectivity index (χ1v) is 9.29. The predicted molar refractivity (Wildman–Crippen MR) is 94.8 cm³/mol. The van der Waals surface area contributed by atoms with Gasteiger partial charge in [0, 0.05) is 23.1 Å².